The summed E-state index contributed by atoms with van der Waals surface area (Å²) >= 11 is 12.1. The van der Waals surface area contributed by atoms with Crippen molar-refractivity contribution in [1.82, 2.24) is 0 Å². The van der Waals surface area contributed by atoms with E-state index in [2.05, 4.69) is 19.1 Å². The first kappa shape index (κ1) is 11.1. The Labute approximate surface area is 90.9 Å². The average molecular weight is 233 g/mol. The Kier molecular flexibility index (Phi) is 4.85. The topological polar surface area (TPSA) is 0 Å². The predicted octanol–water partition coefficient (Wildman–Crippen LogP) is 3.81. The molecule has 0 N–H and O–H groups in total. The maximum absolute atomic E-state index is 6.06. The third-order valence-electron chi connectivity index (χ3n) is 2.13. The summed E-state index contributed by atoms with van der Waals surface area (Å²) in [4.78, 5) is 0. The molecule has 0 fully saturated rings. The quantitative estimate of drug-likeness (QED) is 0.548. The lowest BCUT2D eigenvalue weighted by Crippen LogP contribution is -2.11. The molecule has 3 heteroatoms. The fourth-order valence-electron chi connectivity index (χ4n) is 1.45. The van der Waals surface area contributed by atoms with E-state index >= 15 is 0 Å². The van der Waals surface area contributed by atoms with Gasteiger partial charge in [-0.1, -0.05) is 43.7 Å². The van der Waals surface area contributed by atoms with Gasteiger partial charge in [0.25, 0.3) is 0 Å². The van der Waals surface area contributed by atoms with Gasteiger partial charge in [-0.05, 0) is 12.0 Å². The average Bonchev–Trinajstić information content (AvgIpc) is 2.15. The van der Waals surface area contributed by atoms with Crippen molar-refractivity contribution >= 4 is 29.6 Å². The predicted molar refractivity (Wildman–Crippen MR) is 62.9 cm³/mol. The molecule has 13 heavy (non-hydrogen) atoms. The van der Waals surface area contributed by atoms with Crippen molar-refractivity contribution in [3.63, 3.8) is 0 Å². The lowest BCUT2D eigenvalue weighted by molar-refractivity contribution is 0.765. The largest absolute Gasteiger partial charge is 0.244 e. The van der Waals surface area contributed by atoms with Crippen molar-refractivity contribution in [2.45, 2.75) is 25.3 Å². The van der Waals surface area contributed by atoms with Crippen LogP contribution in [0.15, 0.2) is 30.3 Å². The highest BCUT2D eigenvalue weighted by atomic mass is 35.7. The SMILES string of the molecule is CCCC(c1ccccc1)[SiH](Cl)Cl. The monoisotopic (exact) mass is 232 g/mol. The van der Waals surface area contributed by atoms with E-state index in [9.17, 15) is 0 Å². The first-order chi connectivity index (χ1) is 6.25. The molecule has 1 aromatic rings. The molecule has 0 spiro atoms. The third kappa shape index (κ3) is 3.33. The zero-order valence-corrected chi connectivity index (χ0v) is 10.4. The maximum Gasteiger partial charge on any atom is 0.244 e. The van der Waals surface area contributed by atoms with Gasteiger partial charge in [0, 0.05) is 5.54 Å². The van der Waals surface area contributed by atoms with Crippen LogP contribution in [-0.2, 0) is 0 Å². The van der Waals surface area contributed by atoms with E-state index in [-0.39, 0.29) is 0 Å². The van der Waals surface area contributed by atoms with Crippen LogP contribution in [0.5, 0.6) is 0 Å². The highest BCUT2D eigenvalue weighted by molar-refractivity contribution is 7.34. The van der Waals surface area contributed by atoms with Crippen LogP contribution in [0.3, 0.4) is 0 Å². The van der Waals surface area contributed by atoms with E-state index in [0.29, 0.717) is 5.54 Å². The fourth-order valence-corrected chi connectivity index (χ4v) is 4.18. The number of hydrogen-bond acceptors (Lipinski definition) is 0. The van der Waals surface area contributed by atoms with Crippen molar-refractivity contribution in [1.29, 1.82) is 0 Å². The van der Waals surface area contributed by atoms with Gasteiger partial charge in [-0.15, -0.1) is 22.2 Å². The summed E-state index contributed by atoms with van der Waals surface area (Å²) in [5, 5.41) is 0. The Balaban J connectivity index is 2.76. The second kappa shape index (κ2) is 5.69. The molecule has 0 nitrogen and oxygen atoms in total. The smallest absolute Gasteiger partial charge is 0.150 e. The van der Waals surface area contributed by atoms with Crippen LogP contribution in [0.4, 0.5) is 0 Å². The zero-order valence-electron chi connectivity index (χ0n) is 7.71. The zero-order chi connectivity index (χ0) is 9.68. The van der Waals surface area contributed by atoms with Gasteiger partial charge >= 0.3 is 0 Å². The molecule has 1 rings (SSSR count). The summed E-state index contributed by atoms with van der Waals surface area (Å²) in [5.74, 6) is 0. The molecule has 0 amide bonds. The van der Waals surface area contributed by atoms with Crippen molar-refractivity contribution in [3.8, 4) is 0 Å². The van der Waals surface area contributed by atoms with Gasteiger partial charge in [-0.3, -0.25) is 0 Å². The van der Waals surface area contributed by atoms with Crippen molar-refractivity contribution in [3.05, 3.63) is 35.9 Å². The van der Waals surface area contributed by atoms with E-state index in [1.54, 1.807) is 0 Å². The molecule has 1 atom stereocenters. The summed E-state index contributed by atoms with van der Waals surface area (Å²) in [7, 11) is -1.59. The summed E-state index contributed by atoms with van der Waals surface area (Å²) in [6.45, 7) is 2.17. The van der Waals surface area contributed by atoms with Gasteiger partial charge in [0.05, 0.1) is 0 Å². The van der Waals surface area contributed by atoms with Crippen LogP contribution >= 0.6 is 22.2 Å². The number of benzene rings is 1. The van der Waals surface area contributed by atoms with Gasteiger partial charge < -0.3 is 0 Å². The van der Waals surface area contributed by atoms with Gasteiger partial charge in [0.2, 0.25) is 7.42 Å². The van der Waals surface area contributed by atoms with E-state index in [4.69, 9.17) is 22.2 Å². The lowest BCUT2D eigenvalue weighted by Gasteiger charge is -2.15. The first-order valence-electron chi connectivity index (χ1n) is 4.58. The minimum absolute atomic E-state index is 0.412. The highest BCUT2D eigenvalue weighted by Gasteiger charge is 2.19. The fraction of sp³-hybridized carbons (Fsp3) is 0.400. The highest BCUT2D eigenvalue weighted by Crippen LogP contribution is 2.27. The van der Waals surface area contributed by atoms with E-state index in [1.165, 1.54) is 5.56 Å². The molecule has 0 aliphatic rings. The van der Waals surface area contributed by atoms with Crippen LogP contribution in [0.1, 0.15) is 30.9 Å². The number of hydrogen-bond donors (Lipinski definition) is 0. The Morgan fingerprint density at radius 1 is 1.23 bits per heavy atom. The summed E-state index contributed by atoms with van der Waals surface area (Å²) < 4.78 is 0. The first-order valence-corrected chi connectivity index (χ1v) is 8.74. The number of rotatable bonds is 4. The third-order valence-corrected chi connectivity index (χ3v) is 5.28. The number of halogens is 2. The molecule has 0 saturated heterocycles. The minimum Gasteiger partial charge on any atom is -0.150 e. The second-order valence-corrected chi connectivity index (χ2v) is 8.11. The van der Waals surface area contributed by atoms with Gasteiger partial charge in [-0.25, -0.2) is 0 Å². The maximum atomic E-state index is 6.06. The Hall–Kier alpha value is 0.0169. The molecule has 0 aliphatic carbocycles. The molecule has 1 aromatic carbocycles. The van der Waals surface area contributed by atoms with E-state index < -0.39 is 7.42 Å². The minimum atomic E-state index is -1.59. The van der Waals surface area contributed by atoms with E-state index in [0.717, 1.165) is 12.8 Å². The molecular weight excluding hydrogens is 219 g/mol. The van der Waals surface area contributed by atoms with Gasteiger partial charge in [0.15, 0.2) is 0 Å². The normalized spacial score (nSPS) is 13.2. The molecular formula is C10H14Cl2Si. The van der Waals surface area contributed by atoms with Crippen molar-refractivity contribution < 1.29 is 0 Å². The molecule has 0 bridgehead atoms. The van der Waals surface area contributed by atoms with Crippen LogP contribution < -0.4 is 0 Å². The molecule has 1 unspecified atom stereocenters. The summed E-state index contributed by atoms with van der Waals surface area (Å²) in [6.07, 6.45) is 2.25. The molecule has 0 aromatic heterocycles. The van der Waals surface area contributed by atoms with Gasteiger partial charge in [-0.2, -0.15) is 0 Å². The van der Waals surface area contributed by atoms with Crippen molar-refractivity contribution in [2.75, 3.05) is 0 Å². The summed E-state index contributed by atoms with van der Waals surface area (Å²) in [6, 6.07) is 10.3. The van der Waals surface area contributed by atoms with Crippen LogP contribution in [0.2, 0.25) is 0 Å². The molecule has 0 heterocycles. The molecule has 0 radical (unpaired) electrons. The Morgan fingerprint density at radius 3 is 2.31 bits per heavy atom. The standard InChI is InChI=1S/C10H14Cl2Si/c1-2-6-10(13(11)12)9-7-4-3-5-8-9/h3-5,7-8,10,13H,2,6H2,1H3. The van der Waals surface area contributed by atoms with Crippen LogP contribution in [0.25, 0.3) is 0 Å². The van der Waals surface area contributed by atoms with Crippen LogP contribution in [0, 0.1) is 0 Å². The van der Waals surface area contributed by atoms with Crippen LogP contribution in [-0.4, -0.2) is 7.42 Å². The van der Waals surface area contributed by atoms with E-state index in [1.807, 2.05) is 18.2 Å². The Morgan fingerprint density at radius 2 is 1.85 bits per heavy atom. The lowest BCUT2D eigenvalue weighted by atomic mass is 10.1. The Bertz CT molecular complexity index is 236. The second-order valence-electron chi connectivity index (χ2n) is 3.14. The summed E-state index contributed by atoms with van der Waals surface area (Å²) in [5.41, 5.74) is 1.71. The molecule has 0 aliphatic heterocycles. The van der Waals surface area contributed by atoms with Crippen molar-refractivity contribution in [2.24, 2.45) is 0 Å². The van der Waals surface area contributed by atoms with Gasteiger partial charge in [0.1, 0.15) is 0 Å². The molecule has 0 saturated carbocycles. The molecule has 72 valence electrons.